The average molecular weight is 424 g/mol. The molecule has 1 aliphatic heterocycles. The van der Waals surface area contributed by atoms with E-state index in [-0.39, 0.29) is 5.57 Å². The van der Waals surface area contributed by atoms with E-state index in [0.29, 0.717) is 31.1 Å². The van der Waals surface area contributed by atoms with Crippen molar-refractivity contribution in [2.45, 2.75) is 19.4 Å². The SMILES string of the molecule is CCOc1ccc(C2C(C(=O)/C=C/c3ccco3)=C(O)C(=O)N2CCCN(C)C)cc1. The number of amides is 1. The maximum Gasteiger partial charge on any atom is 0.290 e. The Morgan fingerprint density at radius 2 is 2.00 bits per heavy atom. The highest BCUT2D eigenvalue weighted by Crippen LogP contribution is 2.38. The highest BCUT2D eigenvalue weighted by atomic mass is 16.5. The first-order valence-electron chi connectivity index (χ1n) is 10.3. The molecule has 1 unspecified atom stereocenters. The number of hydrogen-bond acceptors (Lipinski definition) is 6. The molecule has 0 radical (unpaired) electrons. The van der Waals surface area contributed by atoms with E-state index in [2.05, 4.69) is 0 Å². The largest absolute Gasteiger partial charge is 0.503 e. The molecule has 0 spiro atoms. The first-order chi connectivity index (χ1) is 14.9. The number of rotatable bonds is 10. The highest BCUT2D eigenvalue weighted by Gasteiger charge is 2.42. The molecule has 1 amide bonds. The van der Waals surface area contributed by atoms with Crippen molar-refractivity contribution in [2.24, 2.45) is 0 Å². The van der Waals surface area contributed by atoms with Crippen molar-refractivity contribution < 1.29 is 23.8 Å². The number of carbonyl (C=O) groups excluding carboxylic acids is 2. The average Bonchev–Trinajstić information content (AvgIpc) is 3.35. The van der Waals surface area contributed by atoms with E-state index < -0.39 is 23.5 Å². The second-order valence-electron chi connectivity index (χ2n) is 7.54. The van der Waals surface area contributed by atoms with Crippen LogP contribution in [0.15, 0.2) is 64.5 Å². The molecule has 31 heavy (non-hydrogen) atoms. The Morgan fingerprint density at radius 3 is 2.61 bits per heavy atom. The predicted molar refractivity (Wildman–Crippen MR) is 118 cm³/mol. The fraction of sp³-hybridized carbons (Fsp3) is 0.333. The van der Waals surface area contributed by atoms with Gasteiger partial charge in [0.25, 0.3) is 5.91 Å². The fourth-order valence-corrected chi connectivity index (χ4v) is 3.59. The zero-order valence-corrected chi connectivity index (χ0v) is 18.1. The smallest absolute Gasteiger partial charge is 0.290 e. The van der Waals surface area contributed by atoms with E-state index in [4.69, 9.17) is 9.15 Å². The summed E-state index contributed by atoms with van der Waals surface area (Å²) >= 11 is 0. The Balaban J connectivity index is 1.92. The van der Waals surface area contributed by atoms with Crippen LogP contribution in [0.5, 0.6) is 5.75 Å². The van der Waals surface area contributed by atoms with Crippen LogP contribution in [0.2, 0.25) is 0 Å². The number of aliphatic hydroxyl groups excluding tert-OH is 1. The highest BCUT2D eigenvalue weighted by molar-refractivity contribution is 6.14. The molecule has 7 heteroatoms. The zero-order valence-electron chi connectivity index (χ0n) is 18.1. The number of ether oxygens (including phenoxy) is 1. The fourth-order valence-electron chi connectivity index (χ4n) is 3.59. The van der Waals surface area contributed by atoms with Crippen LogP contribution in [-0.2, 0) is 9.59 Å². The minimum Gasteiger partial charge on any atom is -0.503 e. The van der Waals surface area contributed by atoms with Crippen molar-refractivity contribution in [3.63, 3.8) is 0 Å². The summed E-state index contributed by atoms with van der Waals surface area (Å²) in [6.07, 6.45) is 5.07. The summed E-state index contributed by atoms with van der Waals surface area (Å²) in [4.78, 5) is 29.5. The molecule has 1 aliphatic rings. The van der Waals surface area contributed by atoms with Crippen LogP contribution in [0.25, 0.3) is 6.08 Å². The summed E-state index contributed by atoms with van der Waals surface area (Å²) in [5.41, 5.74) is 0.808. The maximum atomic E-state index is 13.0. The van der Waals surface area contributed by atoms with Crippen LogP contribution in [-0.4, -0.2) is 60.4 Å². The lowest BCUT2D eigenvalue weighted by atomic mass is 9.95. The third kappa shape index (κ3) is 5.24. The Bertz CT molecular complexity index is 958. The van der Waals surface area contributed by atoms with Gasteiger partial charge in [-0.05, 0) is 76.0 Å². The molecule has 1 atom stereocenters. The summed E-state index contributed by atoms with van der Waals surface area (Å²) in [5.74, 6) is -0.256. The summed E-state index contributed by atoms with van der Waals surface area (Å²) in [6.45, 7) is 3.64. The van der Waals surface area contributed by atoms with Crippen molar-refractivity contribution >= 4 is 17.8 Å². The normalized spacial score (nSPS) is 16.7. The van der Waals surface area contributed by atoms with Crippen LogP contribution in [0.3, 0.4) is 0 Å². The molecule has 0 aliphatic carbocycles. The maximum absolute atomic E-state index is 13.0. The van der Waals surface area contributed by atoms with Gasteiger partial charge < -0.3 is 24.1 Å². The van der Waals surface area contributed by atoms with Gasteiger partial charge in [-0.25, -0.2) is 0 Å². The van der Waals surface area contributed by atoms with Crippen molar-refractivity contribution in [1.29, 1.82) is 0 Å². The van der Waals surface area contributed by atoms with Crippen molar-refractivity contribution in [3.05, 3.63) is 71.4 Å². The van der Waals surface area contributed by atoms with E-state index in [1.54, 1.807) is 29.2 Å². The zero-order chi connectivity index (χ0) is 22.4. The topological polar surface area (TPSA) is 83.2 Å². The lowest BCUT2D eigenvalue weighted by Gasteiger charge is -2.27. The van der Waals surface area contributed by atoms with Crippen LogP contribution in [0, 0.1) is 0 Å². The van der Waals surface area contributed by atoms with Gasteiger partial charge >= 0.3 is 0 Å². The third-order valence-electron chi connectivity index (χ3n) is 5.02. The third-order valence-corrected chi connectivity index (χ3v) is 5.02. The molecule has 0 saturated heterocycles. The lowest BCUT2D eigenvalue weighted by Crippen LogP contribution is -2.33. The van der Waals surface area contributed by atoms with Gasteiger partial charge in [0.2, 0.25) is 0 Å². The van der Waals surface area contributed by atoms with Crippen molar-refractivity contribution in [2.75, 3.05) is 33.8 Å². The molecule has 3 rings (SSSR count). The van der Waals surface area contributed by atoms with Crippen LogP contribution >= 0.6 is 0 Å². The standard InChI is InChI=1S/C24H28N2O5/c1-4-30-19-10-8-17(9-11-19)22-21(20(27)13-12-18-7-5-16-31-18)23(28)24(29)26(22)15-6-14-25(2)3/h5,7-13,16,22,28H,4,6,14-15H2,1-3H3/b13-12+. The first kappa shape index (κ1) is 22.4. The van der Waals surface area contributed by atoms with Crippen molar-refractivity contribution in [3.8, 4) is 5.75 Å². The van der Waals surface area contributed by atoms with Gasteiger partial charge in [0, 0.05) is 6.54 Å². The van der Waals surface area contributed by atoms with Gasteiger partial charge in [-0.2, -0.15) is 0 Å². The summed E-state index contributed by atoms with van der Waals surface area (Å²) in [7, 11) is 3.92. The van der Waals surface area contributed by atoms with Crippen LogP contribution < -0.4 is 4.74 Å². The first-order valence-corrected chi connectivity index (χ1v) is 10.3. The van der Waals surface area contributed by atoms with Crippen LogP contribution in [0.4, 0.5) is 0 Å². The number of carbonyl (C=O) groups is 2. The van der Waals surface area contributed by atoms with E-state index in [9.17, 15) is 14.7 Å². The Hall–Kier alpha value is -3.32. The minimum absolute atomic E-state index is 0.0711. The Labute approximate surface area is 182 Å². The van der Waals surface area contributed by atoms with E-state index in [1.807, 2.05) is 38.1 Å². The quantitative estimate of drug-likeness (QED) is 0.587. The van der Waals surface area contributed by atoms with E-state index >= 15 is 0 Å². The Kier molecular flexibility index (Phi) is 7.31. The van der Waals surface area contributed by atoms with Gasteiger partial charge in [-0.3, -0.25) is 9.59 Å². The molecule has 7 nitrogen and oxygen atoms in total. The molecular weight excluding hydrogens is 396 g/mol. The monoisotopic (exact) mass is 424 g/mol. The van der Waals surface area contributed by atoms with E-state index in [1.165, 1.54) is 18.4 Å². The molecule has 0 fully saturated rings. The number of aliphatic hydroxyl groups is 1. The molecule has 0 saturated carbocycles. The minimum atomic E-state index is -0.668. The number of hydrogen-bond donors (Lipinski definition) is 1. The summed E-state index contributed by atoms with van der Waals surface area (Å²) in [5, 5.41) is 10.6. The number of nitrogens with zero attached hydrogens (tertiary/aromatic N) is 2. The summed E-state index contributed by atoms with van der Waals surface area (Å²) in [6, 6.07) is 10.0. The number of allylic oxidation sites excluding steroid dienone is 1. The molecule has 164 valence electrons. The molecule has 2 aromatic rings. The number of benzene rings is 1. The number of furan rings is 1. The number of ketones is 1. The van der Waals surface area contributed by atoms with Crippen LogP contribution in [0.1, 0.15) is 30.7 Å². The van der Waals surface area contributed by atoms with Gasteiger partial charge in [-0.15, -0.1) is 0 Å². The second kappa shape index (κ2) is 10.1. The molecule has 1 aromatic heterocycles. The van der Waals surface area contributed by atoms with Gasteiger partial charge in [0.05, 0.1) is 24.5 Å². The van der Waals surface area contributed by atoms with E-state index in [0.717, 1.165) is 12.1 Å². The summed E-state index contributed by atoms with van der Waals surface area (Å²) < 4.78 is 10.7. The molecule has 1 aromatic carbocycles. The van der Waals surface area contributed by atoms with Gasteiger partial charge in [0.1, 0.15) is 11.5 Å². The van der Waals surface area contributed by atoms with Gasteiger partial charge in [-0.1, -0.05) is 12.1 Å². The molecule has 2 heterocycles. The lowest BCUT2D eigenvalue weighted by molar-refractivity contribution is -0.129. The molecule has 0 bridgehead atoms. The Morgan fingerprint density at radius 1 is 1.26 bits per heavy atom. The molecular formula is C24H28N2O5. The van der Waals surface area contributed by atoms with Gasteiger partial charge in [0.15, 0.2) is 11.5 Å². The predicted octanol–water partition coefficient (Wildman–Crippen LogP) is 3.61. The molecule has 1 N–H and O–H groups in total. The second-order valence-corrected chi connectivity index (χ2v) is 7.54. The van der Waals surface area contributed by atoms with Crippen molar-refractivity contribution in [1.82, 2.24) is 9.80 Å².